The van der Waals surface area contributed by atoms with E-state index < -0.39 is 0 Å². The van der Waals surface area contributed by atoms with E-state index in [1.807, 2.05) is 24.3 Å². The van der Waals surface area contributed by atoms with Gasteiger partial charge < -0.3 is 4.90 Å². The van der Waals surface area contributed by atoms with Gasteiger partial charge in [0.25, 0.3) is 0 Å². The maximum Gasteiger partial charge on any atom is 0.194 e. The van der Waals surface area contributed by atoms with E-state index in [1.165, 1.54) is 19.3 Å². The van der Waals surface area contributed by atoms with E-state index in [4.69, 9.17) is 11.6 Å². The van der Waals surface area contributed by atoms with Gasteiger partial charge in [0.05, 0.1) is 22.3 Å². The number of benzene rings is 2. The first-order chi connectivity index (χ1) is 15.9. The van der Waals surface area contributed by atoms with Crippen molar-refractivity contribution in [1.82, 2.24) is 4.90 Å². The quantitative estimate of drug-likeness (QED) is 0.608. The minimum absolute atomic E-state index is 0.0611. The number of piperazine rings is 1. The van der Waals surface area contributed by atoms with Gasteiger partial charge in [-0.3, -0.25) is 9.69 Å². The lowest BCUT2D eigenvalue weighted by Crippen LogP contribution is -2.52. The van der Waals surface area contributed by atoms with Crippen LogP contribution in [0.3, 0.4) is 0 Å². The number of ketones is 1. The molecule has 1 aliphatic heterocycles. The molecule has 4 aliphatic rings. The molecular formula is C28H28ClN3O. The molecule has 0 spiro atoms. The van der Waals surface area contributed by atoms with Crippen LogP contribution in [-0.2, 0) is 11.8 Å². The van der Waals surface area contributed by atoms with Crippen molar-refractivity contribution in [3.8, 4) is 6.07 Å². The molecule has 0 N–H and O–H groups in total. The van der Waals surface area contributed by atoms with E-state index in [-0.39, 0.29) is 11.2 Å². The summed E-state index contributed by atoms with van der Waals surface area (Å²) in [7, 11) is 0. The molecule has 1 heterocycles. The van der Waals surface area contributed by atoms with Gasteiger partial charge in [-0.2, -0.15) is 5.26 Å². The summed E-state index contributed by atoms with van der Waals surface area (Å²) in [5.74, 6) is 0.0611. The molecule has 1 saturated carbocycles. The maximum absolute atomic E-state index is 13.7. The second-order valence-corrected chi connectivity index (χ2v) is 10.8. The van der Waals surface area contributed by atoms with Crippen molar-refractivity contribution in [2.75, 3.05) is 31.1 Å². The number of rotatable bonds is 2. The van der Waals surface area contributed by atoms with Gasteiger partial charge in [-0.05, 0) is 65.8 Å². The fourth-order valence-corrected chi connectivity index (χ4v) is 6.46. The van der Waals surface area contributed by atoms with Gasteiger partial charge in [-0.15, -0.1) is 0 Å². The average molecular weight is 458 g/mol. The summed E-state index contributed by atoms with van der Waals surface area (Å²) >= 11 is 6.81. The second-order valence-electron chi connectivity index (χ2n) is 10.4. The average Bonchev–Trinajstić information content (AvgIpc) is 3.17. The normalized spacial score (nSPS) is 21.9. The molecule has 1 saturated heterocycles. The van der Waals surface area contributed by atoms with Crippen LogP contribution >= 0.6 is 11.6 Å². The second kappa shape index (κ2) is 7.45. The first-order valence-electron chi connectivity index (χ1n) is 12.0. The highest BCUT2D eigenvalue weighted by atomic mass is 35.5. The topological polar surface area (TPSA) is 47.3 Å². The lowest BCUT2D eigenvalue weighted by Gasteiger charge is -2.44. The first-order valence-corrected chi connectivity index (χ1v) is 12.4. The third-order valence-corrected chi connectivity index (χ3v) is 8.71. The lowest BCUT2D eigenvalue weighted by atomic mass is 9.68. The van der Waals surface area contributed by atoms with Crippen molar-refractivity contribution < 1.29 is 4.79 Å². The summed E-state index contributed by atoms with van der Waals surface area (Å²) < 4.78 is 0. The van der Waals surface area contributed by atoms with E-state index in [0.717, 1.165) is 77.7 Å². The van der Waals surface area contributed by atoms with Gasteiger partial charge in [0, 0.05) is 48.8 Å². The number of allylic oxidation sites excluding steroid dienone is 2. The third-order valence-electron chi connectivity index (χ3n) is 8.41. The largest absolute Gasteiger partial charge is 0.368 e. The summed E-state index contributed by atoms with van der Waals surface area (Å²) in [5.41, 5.74) is 7.22. The van der Waals surface area contributed by atoms with Crippen LogP contribution in [0.4, 0.5) is 5.69 Å². The van der Waals surface area contributed by atoms with Crippen molar-refractivity contribution in [1.29, 1.82) is 5.26 Å². The summed E-state index contributed by atoms with van der Waals surface area (Å²) in [4.78, 5) is 18.7. The number of carbonyl (C=O) groups is 1. The van der Waals surface area contributed by atoms with Crippen LogP contribution < -0.4 is 4.90 Å². The summed E-state index contributed by atoms with van der Waals surface area (Å²) in [6.07, 6.45) is 4.76. The Kier molecular flexibility index (Phi) is 4.73. The van der Waals surface area contributed by atoms with Gasteiger partial charge in [-0.1, -0.05) is 37.9 Å². The molecule has 6 rings (SSSR count). The van der Waals surface area contributed by atoms with Gasteiger partial charge in [0.1, 0.15) is 0 Å². The van der Waals surface area contributed by atoms with Crippen molar-refractivity contribution >= 4 is 28.6 Å². The van der Waals surface area contributed by atoms with Gasteiger partial charge in [-0.25, -0.2) is 0 Å². The SMILES string of the molecule is CC1(C)C2=C(C(=O)c3cc(Cl)c(N4CCN(C5CCC5)CC4)cc31)c1ccc(C#N)cc1C2. The van der Waals surface area contributed by atoms with E-state index in [2.05, 4.69) is 35.8 Å². The Morgan fingerprint density at radius 1 is 1.06 bits per heavy atom. The number of fused-ring (bicyclic) bond motifs is 3. The molecule has 4 nitrogen and oxygen atoms in total. The van der Waals surface area contributed by atoms with Crippen molar-refractivity contribution in [3.63, 3.8) is 0 Å². The standard InChI is InChI=1S/C28H28ClN3O/c1-28(2)22-15-25(32-10-8-31(9-11-32)19-4-3-5-19)24(29)14-21(22)27(33)26-20-7-6-17(16-30)12-18(20)13-23(26)28/h6-7,12,14-15,19H,3-5,8-11,13H2,1-2H3. The van der Waals surface area contributed by atoms with Gasteiger partial charge >= 0.3 is 0 Å². The van der Waals surface area contributed by atoms with Crippen molar-refractivity contribution in [2.45, 2.75) is 51.0 Å². The predicted octanol–water partition coefficient (Wildman–Crippen LogP) is 5.37. The van der Waals surface area contributed by atoms with E-state index in [1.54, 1.807) is 0 Å². The van der Waals surface area contributed by atoms with E-state index in [9.17, 15) is 10.1 Å². The zero-order valence-electron chi connectivity index (χ0n) is 19.2. The predicted molar refractivity (Wildman–Crippen MR) is 132 cm³/mol. The number of halogens is 1. The molecule has 3 aliphatic carbocycles. The Labute approximate surface area is 200 Å². The minimum Gasteiger partial charge on any atom is -0.368 e. The number of nitriles is 1. The molecule has 168 valence electrons. The summed E-state index contributed by atoms with van der Waals surface area (Å²) in [5, 5.41) is 9.98. The van der Waals surface area contributed by atoms with Gasteiger partial charge in [0.15, 0.2) is 5.78 Å². The van der Waals surface area contributed by atoms with Gasteiger partial charge in [0.2, 0.25) is 0 Å². The number of nitrogens with zero attached hydrogens (tertiary/aromatic N) is 3. The molecule has 0 radical (unpaired) electrons. The van der Waals surface area contributed by atoms with Crippen LogP contribution in [0.1, 0.15) is 65.7 Å². The molecule has 0 amide bonds. The summed E-state index contributed by atoms with van der Waals surface area (Å²) in [6, 6.07) is 12.8. The van der Waals surface area contributed by atoms with Crippen LogP contribution in [0, 0.1) is 11.3 Å². The molecule has 5 heteroatoms. The molecule has 2 aromatic rings. The Morgan fingerprint density at radius 3 is 2.48 bits per heavy atom. The number of carbonyl (C=O) groups excluding carboxylic acids is 1. The highest BCUT2D eigenvalue weighted by Gasteiger charge is 2.43. The van der Waals surface area contributed by atoms with Crippen molar-refractivity contribution in [2.24, 2.45) is 0 Å². The van der Waals surface area contributed by atoms with E-state index >= 15 is 0 Å². The zero-order valence-corrected chi connectivity index (χ0v) is 20.0. The zero-order chi connectivity index (χ0) is 22.9. The van der Waals surface area contributed by atoms with Crippen LogP contribution in [0.15, 0.2) is 35.9 Å². The number of hydrogen-bond acceptors (Lipinski definition) is 4. The molecule has 33 heavy (non-hydrogen) atoms. The highest BCUT2D eigenvalue weighted by molar-refractivity contribution is 6.36. The minimum atomic E-state index is -0.280. The maximum atomic E-state index is 13.7. The molecule has 2 aromatic carbocycles. The summed E-state index contributed by atoms with van der Waals surface area (Å²) in [6.45, 7) is 8.53. The lowest BCUT2D eigenvalue weighted by molar-refractivity contribution is 0.105. The van der Waals surface area contributed by atoms with Crippen LogP contribution in [0.2, 0.25) is 5.02 Å². The fourth-order valence-electron chi connectivity index (χ4n) is 6.17. The van der Waals surface area contributed by atoms with Crippen molar-refractivity contribution in [3.05, 3.63) is 68.7 Å². The molecular weight excluding hydrogens is 430 g/mol. The van der Waals surface area contributed by atoms with Crippen LogP contribution in [0.25, 0.3) is 5.57 Å². The Bertz CT molecular complexity index is 1260. The molecule has 0 bridgehead atoms. The number of Topliss-reactive ketones (excluding diaryl/α,β-unsaturated/α-hetero) is 1. The number of anilines is 1. The monoisotopic (exact) mass is 457 g/mol. The fraction of sp³-hybridized carbons (Fsp3) is 0.429. The molecule has 0 atom stereocenters. The Hall–Kier alpha value is -2.61. The molecule has 0 unspecified atom stereocenters. The first kappa shape index (κ1) is 21.0. The highest BCUT2D eigenvalue weighted by Crippen LogP contribution is 2.51. The molecule has 0 aromatic heterocycles. The number of hydrogen-bond donors (Lipinski definition) is 0. The Morgan fingerprint density at radius 2 is 1.82 bits per heavy atom. The van der Waals surface area contributed by atoms with Crippen LogP contribution in [0.5, 0.6) is 0 Å². The van der Waals surface area contributed by atoms with Crippen LogP contribution in [-0.4, -0.2) is 42.9 Å². The third kappa shape index (κ3) is 3.10. The van der Waals surface area contributed by atoms with E-state index in [0.29, 0.717) is 10.6 Å². The molecule has 2 fully saturated rings. The Balaban J connectivity index is 1.36. The smallest absolute Gasteiger partial charge is 0.194 e.